The number of benzene rings is 1. The Balaban J connectivity index is 1.35. The van der Waals surface area contributed by atoms with E-state index < -0.39 is 11.6 Å². The third-order valence-electron chi connectivity index (χ3n) is 4.83. The van der Waals surface area contributed by atoms with E-state index in [9.17, 15) is 8.78 Å². The minimum absolute atomic E-state index is 0.194. The highest BCUT2D eigenvalue weighted by atomic mass is 19.2. The van der Waals surface area contributed by atoms with Crippen molar-refractivity contribution in [2.75, 3.05) is 31.2 Å². The molecule has 9 heteroatoms. The molecule has 2 aromatic heterocycles. The summed E-state index contributed by atoms with van der Waals surface area (Å²) in [5, 5.41) is 7.36. The topological polar surface area (TPSA) is 76.2 Å². The number of H-pyrrole nitrogens is 1. The molecule has 0 bridgehead atoms. The summed E-state index contributed by atoms with van der Waals surface area (Å²) in [4.78, 5) is 11.2. The molecule has 1 atom stereocenters. The fourth-order valence-corrected chi connectivity index (χ4v) is 3.38. The van der Waals surface area contributed by atoms with Gasteiger partial charge in [-0.2, -0.15) is 5.10 Å². The summed E-state index contributed by atoms with van der Waals surface area (Å²) in [6, 6.07) is 7.36. The zero-order valence-electron chi connectivity index (χ0n) is 16.9. The Hall–Kier alpha value is -3.07. The largest absolute Gasteiger partial charge is 0.493 e. The van der Waals surface area contributed by atoms with E-state index in [0.717, 1.165) is 41.5 Å². The second-order valence-electron chi connectivity index (χ2n) is 7.25. The zero-order chi connectivity index (χ0) is 21.1. The molecule has 1 aliphatic rings. The van der Waals surface area contributed by atoms with Gasteiger partial charge < -0.3 is 14.4 Å². The molecule has 3 aromatic rings. The van der Waals surface area contributed by atoms with E-state index in [4.69, 9.17) is 9.47 Å². The molecule has 30 heavy (non-hydrogen) atoms. The number of aromatic nitrogens is 4. The Bertz CT molecular complexity index is 1010. The van der Waals surface area contributed by atoms with Gasteiger partial charge in [0.1, 0.15) is 11.9 Å². The smallest absolute Gasteiger partial charge is 0.225 e. The van der Waals surface area contributed by atoms with E-state index in [1.807, 2.05) is 26.0 Å². The molecule has 0 saturated carbocycles. The SMILES string of the molecule is Cc1cc(C)nc(N2CCO[C@@H](c3cc(CCOc4ccc(F)c(F)c4)[nH]n3)C2)n1. The summed E-state index contributed by atoms with van der Waals surface area (Å²) in [7, 11) is 0. The number of anilines is 1. The fourth-order valence-electron chi connectivity index (χ4n) is 3.38. The Morgan fingerprint density at radius 2 is 1.93 bits per heavy atom. The average molecular weight is 415 g/mol. The number of aryl methyl sites for hydroxylation is 2. The van der Waals surface area contributed by atoms with E-state index in [0.29, 0.717) is 32.1 Å². The van der Waals surface area contributed by atoms with Crippen molar-refractivity contribution >= 4 is 5.95 Å². The van der Waals surface area contributed by atoms with Gasteiger partial charge in [-0.15, -0.1) is 0 Å². The van der Waals surface area contributed by atoms with Gasteiger partial charge in [0.05, 0.1) is 25.5 Å². The van der Waals surface area contributed by atoms with E-state index >= 15 is 0 Å². The predicted molar refractivity (Wildman–Crippen MR) is 107 cm³/mol. The van der Waals surface area contributed by atoms with E-state index in [2.05, 4.69) is 25.1 Å². The second kappa shape index (κ2) is 8.74. The van der Waals surface area contributed by atoms with Crippen LogP contribution in [0.2, 0.25) is 0 Å². The van der Waals surface area contributed by atoms with E-state index in [-0.39, 0.29) is 11.9 Å². The molecule has 1 saturated heterocycles. The maximum Gasteiger partial charge on any atom is 0.225 e. The molecule has 0 amide bonds. The highest BCUT2D eigenvalue weighted by Crippen LogP contribution is 2.24. The summed E-state index contributed by atoms with van der Waals surface area (Å²) in [6.45, 7) is 6.11. The summed E-state index contributed by atoms with van der Waals surface area (Å²) in [5.74, 6) is -0.832. The van der Waals surface area contributed by atoms with E-state index in [1.165, 1.54) is 6.07 Å². The quantitative estimate of drug-likeness (QED) is 0.666. The molecule has 158 valence electrons. The molecule has 7 nitrogen and oxygen atoms in total. The average Bonchev–Trinajstić information content (AvgIpc) is 3.19. The minimum atomic E-state index is -0.928. The molecular formula is C21H23F2N5O2. The lowest BCUT2D eigenvalue weighted by Crippen LogP contribution is -2.39. The van der Waals surface area contributed by atoms with Crippen molar-refractivity contribution in [3.8, 4) is 5.75 Å². The third kappa shape index (κ3) is 4.73. The first-order valence-corrected chi connectivity index (χ1v) is 9.79. The van der Waals surface area contributed by atoms with Crippen LogP contribution in [0, 0.1) is 25.5 Å². The first kappa shape index (κ1) is 20.2. The van der Waals surface area contributed by atoms with Crippen molar-refractivity contribution in [3.05, 3.63) is 64.7 Å². The number of nitrogens with one attached hydrogen (secondary N) is 1. The molecule has 0 aliphatic carbocycles. The van der Waals surface area contributed by atoms with Crippen LogP contribution in [0.5, 0.6) is 5.75 Å². The third-order valence-corrected chi connectivity index (χ3v) is 4.83. The second-order valence-corrected chi connectivity index (χ2v) is 7.25. The van der Waals surface area contributed by atoms with Gasteiger partial charge in [0.25, 0.3) is 0 Å². The van der Waals surface area contributed by atoms with Gasteiger partial charge in [-0.3, -0.25) is 5.10 Å². The first-order valence-electron chi connectivity index (χ1n) is 9.79. The van der Waals surface area contributed by atoms with Crippen LogP contribution in [0.15, 0.2) is 30.3 Å². The number of hydrogen-bond donors (Lipinski definition) is 1. The first-order chi connectivity index (χ1) is 14.5. The summed E-state index contributed by atoms with van der Waals surface area (Å²) < 4.78 is 37.6. The molecule has 1 N–H and O–H groups in total. The number of morpholine rings is 1. The lowest BCUT2D eigenvalue weighted by atomic mass is 10.2. The maximum atomic E-state index is 13.2. The lowest BCUT2D eigenvalue weighted by Gasteiger charge is -2.32. The van der Waals surface area contributed by atoms with Gasteiger partial charge in [-0.25, -0.2) is 18.7 Å². The highest BCUT2D eigenvalue weighted by molar-refractivity contribution is 5.34. The number of aromatic amines is 1. The van der Waals surface area contributed by atoms with Gasteiger partial charge >= 0.3 is 0 Å². The highest BCUT2D eigenvalue weighted by Gasteiger charge is 2.26. The number of ether oxygens (including phenoxy) is 2. The molecular weight excluding hydrogens is 392 g/mol. The lowest BCUT2D eigenvalue weighted by molar-refractivity contribution is 0.0364. The number of nitrogens with zero attached hydrogens (tertiary/aromatic N) is 4. The molecule has 1 fully saturated rings. The van der Waals surface area contributed by atoms with Crippen LogP contribution in [0.4, 0.5) is 14.7 Å². The Kier molecular flexibility index (Phi) is 5.89. The predicted octanol–water partition coefficient (Wildman–Crippen LogP) is 3.29. The molecule has 0 unspecified atom stereocenters. The van der Waals surface area contributed by atoms with Crippen molar-refractivity contribution < 1.29 is 18.3 Å². The van der Waals surface area contributed by atoms with Gasteiger partial charge in [0, 0.05) is 36.1 Å². The summed E-state index contributed by atoms with van der Waals surface area (Å²) >= 11 is 0. The van der Waals surface area contributed by atoms with Crippen LogP contribution in [-0.4, -0.2) is 46.5 Å². The monoisotopic (exact) mass is 415 g/mol. The number of rotatable bonds is 6. The van der Waals surface area contributed by atoms with Crippen molar-refractivity contribution in [3.63, 3.8) is 0 Å². The van der Waals surface area contributed by atoms with Crippen LogP contribution in [0.25, 0.3) is 0 Å². The fraction of sp³-hybridized carbons (Fsp3) is 0.381. The van der Waals surface area contributed by atoms with Gasteiger partial charge in [0.15, 0.2) is 11.6 Å². The molecule has 3 heterocycles. The Labute approximate surface area is 173 Å². The van der Waals surface area contributed by atoms with Gasteiger partial charge in [0.2, 0.25) is 5.95 Å². The maximum absolute atomic E-state index is 13.2. The van der Waals surface area contributed by atoms with Crippen LogP contribution in [0.1, 0.15) is 28.9 Å². The Morgan fingerprint density at radius 1 is 1.13 bits per heavy atom. The van der Waals surface area contributed by atoms with Gasteiger partial charge in [-0.1, -0.05) is 0 Å². The van der Waals surface area contributed by atoms with Crippen molar-refractivity contribution in [1.82, 2.24) is 20.2 Å². The normalized spacial score (nSPS) is 16.7. The summed E-state index contributed by atoms with van der Waals surface area (Å²) in [6.07, 6.45) is 0.350. The van der Waals surface area contributed by atoms with Gasteiger partial charge in [-0.05, 0) is 38.1 Å². The van der Waals surface area contributed by atoms with Crippen LogP contribution in [-0.2, 0) is 11.2 Å². The van der Waals surface area contributed by atoms with Crippen molar-refractivity contribution in [1.29, 1.82) is 0 Å². The van der Waals surface area contributed by atoms with Crippen molar-refractivity contribution in [2.45, 2.75) is 26.4 Å². The van der Waals surface area contributed by atoms with Crippen molar-refractivity contribution in [2.24, 2.45) is 0 Å². The van der Waals surface area contributed by atoms with E-state index in [1.54, 1.807) is 0 Å². The molecule has 1 aromatic carbocycles. The van der Waals surface area contributed by atoms with Crippen LogP contribution in [0.3, 0.4) is 0 Å². The number of hydrogen-bond acceptors (Lipinski definition) is 6. The number of halogens is 2. The molecule has 4 rings (SSSR count). The molecule has 1 aliphatic heterocycles. The summed E-state index contributed by atoms with van der Waals surface area (Å²) in [5.41, 5.74) is 3.54. The standard InChI is InChI=1S/C21H23F2N5O2/c1-13-9-14(2)25-21(24-13)28-6-8-30-20(12-28)19-10-15(26-27-19)5-7-29-16-3-4-17(22)18(23)11-16/h3-4,9-11,20H,5-8,12H2,1-2H3,(H,26,27)/t20-/m1/s1. The van der Waals surface area contributed by atoms with Crippen LogP contribution < -0.4 is 9.64 Å². The molecule has 0 radical (unpaired) electrons. The van der Waals surface area contributed by atoms with Crippen LogP contribution >= 0.6 is 0 Å². The molecule has 0 spiro atoms. The Morgan fingerprint density at radius 3 is 2.70 bits per heavy atom. The zero-order valence-corrected chi connectivity index (χ0v) is 16.9. The minimum Gasteiger partial charge on any atom is -0.493 e.